The molecule has 1 aromatic carbocycles. The van der Waals surface area contributed by atoms with Crippen LogP contribution in [0.3, 0.4) is 0 Å². The number of thiophene rings is 1. The van der Waals surface area contributed by atoms with Crippen LogP contribution in [0.5, 0.6) is 0 Å². The number of hydrogen-bond acceptors (Lipinski definition) is 6. The van der Waals surface area contributed by atoms with Crippen molar-refractivity contribution >= 4 is 28.9 Å². The largest absolute Gasteiger partial charge is 0.452 e. The van der Waals surface area contributed by atoms with Crippen molar-refractivity contribution in [2.45, 2.75) is 13.5 Å². The first-order valence-corrected chi connectivity index (χ1v) is 8.00. The van der Waals surface area contributed by atoms with Crippen molar-refractivity contribution in [3.05, 3.63) is 61.8 Å². The molecule has 0 N–H and O–H groups in total. The molecule has 0 aliphatic carbocycles. The van der Waals surface area contributed by atoms with Crippen LogP contribution in [0.15, 0.2) is 35.0 Å². The minimum absolute atomic E-state index is 0.0712. The minimum atomic E-state index is -0.690. The maximum absolute atomic E-state index is 12.0. The highest BCUT2D eigenvalue weighted by molar-refractivity contribution is 7.07. The van der Waals surface area contributed by atoms with Crippen molar-refractivity contribution in [2.75, 3.05) is 13.7 Å². The third-order valence-electron chi connectivity index (χ3n) is 3.38. The highest BCUT2D eigenvalue weighted by Crippen LogP contribution is 2.19. The van der Waals surface area contributed by atoms with Crippen molar-refractivity contribution in [3.8, 4) is 0 Å². The molecule has 0 radical (unpaired) electrons. The zero-order valence-corrected chi connectivity index (χ0v) is 14.0. The predicted molar refractivity (Wildman–Crippen MR) is 88.9 cm³/mol. The smallest absolute Gasteiger partial charge is 0.338 e. The number of nitro groups is 1. The lowest BCUT2D eigenvalue weighted by molar-refractivity contribution is -0.385. The van der Waals surface area contributed by atoms with E-state index in [1.54, 1.807) is 18.4 Å². The van der Waals surface area contributed by atoms with Crippen LogP contribution < -0.4 is 0 Å². The van der Waals surface area contributed by atoms with E-state index in [1.807, 2.05) is 16.8 Å². The Kier molecular flexibility index (Phi) is 5.64. The Balaban J connectivity index is 1.91. The van der Waals surface area contributed by atoms with Crippen LogP contribution in [0.1, 0.15) is 21.5 Å². The monoisotopic (exact) mass is 348 g/mol. The molecule has 0 aliphatic rings. The Morgan fingerprint density at radius 1 is 1.33 bits per heavy atom. The van der Waals surface area contributed by atoms with Crippen LogP contribution in [-0.4, -0.2) is 35.4 Å². The first-order chi connectivity index (χ1) is 11.4. The number of hydrogen-bond donors (Lipinski definition) is 0. The van der Waals surface area contributed by atoms with E-state index in [9.17, 15) is 19.7 Å². The Morgan fingerprint density at radius 3 is 2.67 bits per heavy atom. The van der Waals surface area contributed by atoms with Gasteiger partial charge in [-0.25, -0.2) is 4.79 Å². The second-order valence-electron chi connectivity index (χ2n) is 5.22. The lowest BCUT2D eigenvalue weighted by Gasteiger charge is -2.16. The molecule has 0 unspecified atom stereocenters. The summed E-state index contributed by atoms with van der Waals surface area (Å²) in [4.78, 5) is 35.7. The fraction of sp³-hybridized carbons (Fsp3) is 0.250. The predicted octanol–water partition coefficient (Wildman–Crippen LogP) is 2.78. The number of ether oxygens (including phenoxy) is 1. The first kappa shape index (κ1) is 17.6. The Morgan fingerprint density at radius 2 is 2.08 bits per heavy atom. The zero-order chi connectivity index (χ0) is 17.7. The molecule has 8 heteroatoms. The molecule has 1 amide bonds. The van der Waals surface area contributed by atoms with Gasteiger partial charge in [-0.1, -0.05) is 0 Å². The molecule has 0 saturated heterocycles. The second-order valence-corrected chi connectivity index (χ2v) is 6.00. The molecule has 2 rings (SSSR count). The molecule has 126 valence electrons. The van der Waals surface area contributed by atoms with Crippen LogP contribution in [0.4, 0.5) is 5.69 Å². The number of benzene rings is 1. The molecule has 7 nitrogen and oxygen atoms in total. The number of rotatable bonds is 6. The molecule has 0 fully saturated rings. The third kappa shape index (κ3) is 4.39. The molecule has 2 aromatic rings. The number of aryl methyl sites for hydroxylation is 1. The van der Waals surface area contributed by atoms with Crippen LogP contribution in [0.25, 0.3) is 0 Å². The molecule has 1 aromatic heterocycles. The van der Waals surface area contributed by atoms with Crippen LogP contribution in [0, 0.1) is 17.0 Å². The van der Waals surface area contributed by atoms with Gasteiger partial charge in [0.2, 0.25) is 0 Å². The van der Waals surface area contributed by atoms with Crippen LogP contribution in [0.2, 0.25) is 0 Å². The SMILES string of the molecule is Cc1cc(C(=O)OCC(=O)N(C)Cc2ccsc2)ccc1[N+](=O)[O-]. The van der Waals surface area contributed by atoms with Crippen molar-refractivity contribution in [3.63, 3.8) is 0 Å². The van der Waals surface area contributed by atoms with Gasteiger partial charge in [-0.05, 0) is 41.4 Å². The molecule has 24 heavy (non-hydrogen) atoms. The van der Waals surface area contributed by atoms with Gasteiger partial charge in [0.15, 0.2) is 6.61 Å². The van der Waals surface area contributed by atoms with Crippen molar-refractivity contribution < 1.29 is 19.2 Å². The quantitative estimate of drug-likeness (QED) is 0.455. The number of carbonyl (C=O) groups is 2. The summed E-state index contributed by atoms with van der Waals surface area (Å²) in [7, 11) is 1.63. The zero-order valence-electron chi connectivity index (χ0n) is 13.2. The molecular formula is C16H16N2O5S. The first-order valence-electron chi connectivity index (χ1n) is 7.05. The van der Waals surface area contributed by atoms with E-state index in [0.717, 1.165) is 5.56 Å². The topological polar surface area (TPSA) is 89.8 Å². The van der Waals surface area contributed by atoms with E-state index in [1.165, 1.54) is 30.0 Å². The van der Waals surface area contributed by atoms with E-state index in [2.05, 4.69) is 0 Å². The molecule has 0 aliphatic heterocycles. The Bertz CT molecular complexity index is 758. The maximum Gasteiger partial charge on any atom is 0.338 e. The van der Waals surface area contributed by atoms with Gasteiger partial charge >= 0.3 is 5.97 Å². The fourth-order valence-corrected chi connectivity index (χ4v) is 2.71. The Hall–Kier alpha value is -2.74. The third-order valence-corrected chi connectivity index (χ3v) is 4.11. The van der Waals surface area contributed by atoms with Gasteiger partial charge in [-0.15, -0.1) is 0 Å². The molecular weight excluding hydrogens is 332 g/mol. The number of nitro benzene ring substituents is 1. The lowest BCUT2D eigenvalue weighted by Crippen LogP contribution is -2.30. The van der Waals surface area contributed by atoms with Gasteiger partial charge in [0.05, 0.1) is 10.5 Å². The number of likely N-dealkylation sites (N-methyl/N-ethyl adjacent to an activating group) is 1. The number of carbonyl (C=O) groups excluding carboxylic acids is 2. The molecule has 0 spiro atoms. The minimum Gasteiger partial charge on any atom is -0.452 e. The highest BCUT2D eigenvalue weighted by Gasteiger charge is 2.17. The van der Waals surface area contributed by atoms with Crippen molar-refractivity contribution in [1.82, 2.24) is 4.90 Å². The summed E-state index contributed by atoms with van der Waals surface area (Å²) in [6.07, 6.45) is 0. The summed E-state index contributed by atoms with van der Waals surface area (Å²) in [5, 5.41) is 14.6. The maximum atomic E-state index is 12.0. The molecule has 0 saturated carbocycles. The van der Waals surface area contributed by atoms with E-state index < -0.39 is 10.9 Å². The molecule has 0 bridgehead atoms. The van der Waals surface area contributed by atoms with Gasteiger partial charge in [0.25, 0.3) is 11.6 Å². The average Bonchev–Trinajstić information content (AvgIpc) is 3.04. The normalized spacial score (nSPS) is 10.2. The van der Waals surface area contributed by atoms with Gasteiger partial charge in [0.1, 0.15) is 0 Å². The van der Waals surface area contributed by atoms with E-state index in [4.69, 9.17) is 4.74 Å². The van der Waals surface area contributed by atoms with Gasteiger partial charge in [-0.2, -0.15) is 11.3 Å². The summed E-state index contributed by atoms with van der Waals surface area (Å²) in [6, 6.07) is 5.85. The summed E-state index contributed by atoms with van der Waals surface area (Å²) >= 11 is 1.54. The average molecular weight is 348 g/mol. The fourth-order valence-electron chi connectivity index (χ4n) is 2.05. The second kappa shape index (κ2) is 7.69. The standard InChI is InChI=1S/C16H16N2O5S/c1-11-7-13(3-4-14(11)18(21)22)16(20)23-9-15(19)17(2)8-12-5-6-24-10-12/h3-7,10H,8-9H2,1-2H3. The van der Waals surface area contributed by atoms with Crippen LogP contribution >= 0.6 is 11.3 Å². The number of nitrogens with zero attached hydrogens (tertiary/aromatic N) is 2. The summed E-state index contributed by atoms with van der Waals surface area (Å²) in [6.45, 7) is 1.60. The van der Waals surface area contributed by atoms with E-state index in [0.29, 0.717) is 12.1 Å². The lowest BCUT2D eigenvalue weighted by atomic mass is 10.1. The highest BCUT2D eigenvalue weighted by atomic mass is 32.1. The van der Waals surface area contributed by atoms with Gasteiger partial charge < -0.3 is 9.64 Å². The number of esters is 1. The molecule has 1 heterocycles. The number of amides is 1. The summed E-state index contributed by atoms with van der Waals surface area (Å²) in [5.41, 5.74) is 1.47. The van der Waals surface area contributed by atoms with E-state index >= 15 is 0 Å². The van der Waals surface area contributed by atoms with Gasteiger partial charge in [0, 0.05) is 25.2 Å². The van der Waals surface area contributed by atoms with E-state index in [-0.39, 0.29) is 23.8 Å². The summed E-state index contributed by atoms with van der Waals surface area (Å²) in [5.74, 6) is -1.02. The van der Waals surface area contributed by atoms with Crippen LogP contribution in [-0.2, 0) is 16.1 Å². The molecule has 0 atom stereocenters. The van der Waals surface area contributed by atoms with Crippen molar-refractivity contribution in [2.24, 2.45) is 0 Å². The van der Waals surface area contributed by atoms with Crippen molar-refractivity contribution in [1.29, 1.82) is 0 Å². The summed E-state index contributed by atoms with van der Waals surface area (Å²) < 4.78 is 4.99. The van der Waals surface area contributed by atoms with Gasteiger partial charge in [-0.3, -0.25) is 14.9 Å². The Labute approximate surface area is 142 Å².